The standard InChI is InChI=1S/C16H14N4/c1-9-12-6-4-5-7-14(12)18-16(13(9)8-17)15-10(2)19-20-11(15)3/h4-7H,1-3H3,(H,19,20). The number of fused-ring (bicyclic) bond motifs is 1. The Kier molecular flexibility index (Phi) is 2.76. The Labute approximate surface area is 117 Å². The van der Waals surface area contributed by atoms with Gasteiger partial charge in [0, 0.05) is 16.6 Å². The van der Waals surface area contributed by atoms with Gasteiger partial charge >= 0.3 is 0 Å². The van der Waals surface area contributed by atoms with Gasteiger partial charge in [0.2, 0.25) is 0 Å². The number of nitrogens with one attached hydrogen (secondary N) is 1. The Morgan fingerprint density at radius 1 is 1.15 bits per heavy atom. The van der Waals surface area contributed by atoms with E-state index in [0.29, 0.717) is 11.3 Å². The quantitative estimate of drug-likeness (QED) is 0.730. The van der Waals surface area contributed by atoms with Crippen LogP contribution in [0, 0.1) is 32.1 Å². The summed E-state index contributed by atoms with van der Waals surface area (Å²) in [6, 6.07) is 10.2. The average Bonchev–Trinajstić information content (AvgIpc) is 2.78. The lowest BCUT2D eigenvalue weighted by Crippen LogP contribution is -1.97. The number of nitriles is 1. The van der Waals surface area contributed by atoms with Gasteiger partial charge in [-0.2, -0.15) is 10.4 Å². The third kappa shape index (κ3) is 1.68. The minimum atomic E-state index is 0.622. The van der Waals surface area contributed by atoms with E-state index in [1.165, 1.54) is 0 Å². The number of aromatic nitrogens is 3. The molecule has 0 saturated carbocycles. The van der Waals surface area contributed by atoms with Gasteiger partial charge in [-0.1, -0.05) is 18.2 Å². The summed E-state index contributed by atoms with van der Waals surface area (Å²) in [5.74, 6) is 0. The number of rotatable bonds is 1. The van der Waals surface area contributed by atoms with Crippen LogP contribution in [0.5, 0.6) is 0 Å². The van der Waals surface area contributed by atoms with Crippen molar-refractivity contribution in [3.8, 4) is 17.3 Å². The van der Waals surface area contributed by atoms with Gasteiger partial charge in [0.15, 0.2) is 0 Å². The van der Waals surface area contributed by atoms with Gasteiger partial charge < -0.3 is 0 Å². The molecule has 2 heterocycles. The molecule has 0 radical (unpaired) electrons. The highest BCUT2D eigenvalue weighted by Gasteiger charge is 2.18. The molecule has 4 nitrogen and oxygen atoms in total. The van der Waals surface area contributed by atoms with E-state index >= 15 is 0 Å². The maximum Gasteiger partial charge on any atom is 0.102 e. The van der Waals surface area contributed by atoms with Crippen molar-refractivity contribution in [2.24, 2.45) is 0 Å². The molecular formula is C16H14N4. The van der Waals surface area contributed by atoms with Gasteiger partial charge in [0.25, 0.3) is 0 Å². The Morgan fingerprint density at radius 2 is 1.90 bits per heavy atom. The topological polar surface area (TPSA) is 65.4 Å². The minimum absolute atomic E-state index is 0.622. The minimum Gasteiger partial charge on any atom is -0.282 e. The maximum atomic E-state index is 9.52. The Balaban J connectivity index is 2.45. The number of nitrogens with zero attached hydrogens (tertiary/aromatic N) is 3. The van der Waals surface area contributed by atoms with Gasteiger partial charge in [-0.25, -0.2) is 4.98 Å². The van der Waals surface area contributed by atoms with Crippen molar-refractivity contribution in [1.29, 1.82) is 5.26 Å². The number of hydrogen-bond donors (Lipinski definition) is 1. The normalized spacial score (nSPS) is 10.7. The molecule has 2 aromatic heterocycles. The highest BCUT2D eigenvalue weighted by atomic mass is 15.1. The summed E-state index contributed by atoms with van der Waals surface area (Å²) in [5.41, 5.74) is 5.92. The van der Waals surface area contributed by atoms with Gasteiger partial charge in [-0.15, -0.1) is 0 Å². The lowest BCUT2D eigenvalue weighted by atomic mass is 9.97. The molecule has 3 aromatic rings. The fourth-order valence-electron chi connectivity index (χ4n) is 2.59. The first-order valence-corrected chi connectivity index (χ1v) is 6.45. The zero-order chi connectivity index (χ0) is 14.3. The molecule has 1 N–H and O–H groups in total. The fourth-order valence-corrected chi connectivity index (χ4v) is 2.59. The summed E-state index contributed by atoms with van der Waals surface area (Å²) >= 11 is 0. The van der Waals surface area contributed by atoms with Crippen molar-refractivity contribution in [1.82, 2.24) is 15.2 Å². The van der Waals surface area contributed by atoms with Crippen LogP contribution in [-0.2, 0) is 0 Å². The Hall–Kier alpha value is -2.67. The number of benzene rings is 1. The van der Waals surface area contributed by atoms with Crippen LogP contribution in [0.4, 0.5) is 0 Å². The molecular weight excluding hydrogens is 248 g/mol. The second-order valence-electron chi connectivity index (χ2n) is 4.90. The molecule has 0 saturated heterocycles. The molecule has 98 valence electrons. The van der Waals surface area contributed by atoms with E-state index in [2.05, 4.69) is 21.3 Å². The molecule has 0 bridgehead atoms. The van der Waals surface area contributed by atoms with Crippen molar-refractivity contribution in [2.75, 3.05) is 0 Å². The van der Waals surface area contributed by atoms with E-state index in [9.17, 15) is 5.26 Å². The predicted octanol–water partition coefficient (Wildman–Crippen LogP) is 3.42. The number of H-pyrrole nitrogens is 1. The van der Waals surface area contributed by atoms with Crippen LogP contribution >= 0.6 is 0 Å². The summed E-state index contributed by atoms with van der Waals surface area (Å²) in [6.45, 7) is 5.84. The van der Waals surface area contributed by atoms with Crippen molar-refractivity contribution in [3.05, 3.63) is 46.8 Å². The molecule has 0 fully saturated rings. The first-order valence-electron chi connectivity index (χ1n) is 6.45. The average molecular weight is 262 g/mol. The van der Waals surface area contributed by atoms with Gasteiger partial charge in [0.05, 0.1) is 22.5 Å². The third-order valence-electron chi connectivity index (χ3n) is 3.63. The Morgan fingerprint density at radius 3 is 2.55 bits per heavy atom. The third-order valence-corrected chi connectivity index (χ3v) is 3.63. The number of hydrogen-bond acceptors (Lipinski definition) is 3. The number of para-hydroxylation sites is 1. The van der Waals surface area contributed by atoms with Crippen LogP contribution in [0.25, 0.3) is 22.2 Å². The molecule has 0 spiro atoms. The lowest BCUT2D eigenvalue weighted by Gasteiger charge is -2.10. The van der Waals surface area contributed by atoms with Crippen molar-refractivity contribution >= 4 is 10.9 Å². The van der Waals surface area contributed by atoms with Crippen molar-refractivity contribution in [2.45, 2.75) is 20.8 Å². The summed E-state index contributed by atoms with van der Waals surface area (Å²) in [5, 5.41) is 17.7. The second-order valence-corrected chi connectivity index (χ2v) is 4.90. The molecule has 0 amide bonds. The van der Waals surface area contributed by atoms with Crippen LogP contribution < -0.4 is 0 Å². The summed E-state index contributed by atoms with van der Waals surface area (Å²) in [6.07, 6.45) is 0. The van der Waals surface area contributed by atoms with E-state index in [-0.39, 0.29) is 0 Å². The van der Waals surface area contributed by atoms with Crippen LogP contribution in [0.15, 0.2) is 24.3 Å². The van der Waals surface area contributed by atoms with E-state index in [0.717, 1.165) is 33.4 Å². The first-order chi connectivity index (χ1) is 9.63. The Bertz CT molecular complexity index is 833. The predicted molar refractivity (Wildman–Crippen MR) is 78.3 cm³/mol. The largest absolute Gasteiger partial charge is 0.282 e. The number of aryl methyl sites for hydroxylation is 3. The molecule has 0 aliphatic heterocycles. The molecule has 0 aliphatic carbocycles. The second kappa shape index (κ2) is 4.46. The molecule has 1 aromatic carbocycles. The van der Waals surface area contributed by atoms with Crippen molar-refractivity contribution < 1.29 is 0 Å². The SMILES string of the molecule is Cc1n[nH]c(C)c1-c1nc2ccccc2c(C)c1C#N. The monoisotopic (exact) mass is 262 g/mol. The van der Waals surface area contributed by atoms with E-state index in [1.54, 1.807) is 0 Å². The van der Waals surface area contributed by atoms with Gasteiger partial charge in [0.1, 0.15) is 6.07 Å². The van der Waals surface area contributed by atoms with Crippen molar-refractivity contribution in [3.63, 3.8) is 0 Å². The summed E-state index contributed by atoms with van der Waals surface area (Å²) < 4.78 is 0. The zero-order valence-corrected chi connectivity index (χ0v) is 11.7. The van der Waals surface area contributed by atoms with E-state index in [1.807, 2.05) is 45.0 Å². The molecule has 4 heteroatoms. The number of aromatic amines is 1. The number of pyridine rings is 1. The first kappa shape index (κ1) is 12.4. The highest BCUT2D eigenvalue weighted by molar-refractivity contribution is 5.89. The molecule has 3 rings (SSSR count). The molecule has 20 heavy (non-hydrogen) atoms. The van der Waals surface area contributed by atoms with Gasteiger partial charge in [-0.3, -0.25) is 5.10 Å². The fraction of sp³-hybridized carbons (Fsp3) is 0.188. The van der Waals surface area contributed by atoms with Crippen LogP contribution in [0.3, 0.4) is 0 Å². The van der Waals surface area contributed by atoms with Crippen LogP contribution in [0.1, 0.15) is 22.5 Å². The lowest BCUT2D eigenvalue weighted by molar-refractivity contribution is 1.02. The smallest absolute Gasteiger partial charge is 0.102 e. The van der Waals surface area contributed by atoms with Crippen LogP contribution in [0.2, 0.25) is 0 Å². The van der Waals surface area contributed by atoms with E-state index in [4.69, 9.17) is 0 Å². The molecule has 0 aliphatic rings. The molecule has 0 atom stereocenters. The summed E-state index contributed by atoms with van der Waals surface area (Å²) in [4.78, 5) is 4.69. The van der Waals surface area contributed by atoms with E-state index < -0.39 is 0 Å². The highest BCUT2D eigenvalue weighted by Crippen LogP contribution is 2.31. The van der Waals surface area contributed by atoms with Crippen LogP contribution in [-0.4, -0.2) is 15.2 Å². The maximum absolute atomic E-state index is 9.52. The summed E-state index contributed by atoms with van der Waals surface area (Å²) in [7, 11) is 0. The zero-order valence-electron chi connectivity index (χ0n) is 11.7. The van der Waals surface area contributed by atoms with Gasteiger partial charge in [-0.05, 0) is 32.4 Å². The molecule has 0 unspecified atom stereocenters.